The van der Waals surface area contributed by atoms with Crippen LogP contribution >= 0.6 is 28.1 Å². The van der Waals surface area contributed by atoms with Gasteiger partial charge in [0.15, 0.2) is 12.4 Å². The van der Waals surface area contributed by atoms with Gasteiger partial charge in [-0.1, -0.05) is 58.5 Å². The maximum atomic E-state index is 13.2. The van der Waals surface area contributed by atoms with Gasteiger partial charge in [-0.05, 0) is 91.3 Å². The molecule has 4 bridgehead atoms. The van der Waals surface area contributed by atoms with E-state index in [0.717, 1.165) is 34.7 Å². The van der Waals surface area contributed by atoms with Gasteiger partial charge in [0.1, 0.15) is 4.99 Å². The third-order valence-electron chi connectivity index (χ3n) is 9.82. The van der Waals surface area contributed by atoms with E-state index < -0.39 is 5.72 Å². The van der Waals surface area contributed by atoms with Crippen LogP contribution in [0.25, 0.3) is 10.8 Å². The van der Waals surface area contributed by atoms with E-state index in [4.69, 9.17) is 17.6 Å². The Hall–Kier alpha value is -2.37. The number of benzene rings is 2. The van der Waals surface area contributed by atoms with Crippen LogP contribution in [-0.2, 0) is 0 Å². The summed E-state index contributed by atoms with van der Waals surface area (Å²) in [5.41, 5.74) is 0.156. The van der Waals surface area contributed by atoms with Crippen molar-refractivity contribution in [1.29, 1.82) is 5.41 Å². The predicted octanol–water partition coefficient (Wildman–Crippen LogP) is 6.23. The van der Waals surface area contributed by atoms with Crippen molar-refractivity contribution in [2.24, 2.45) is 23.2 Å². The van der Waals surface area contributed by atoms with Gasteiger partial charge in [-0.3, -0.25) is 5.41 Å². The normalized spacial score (nSPS) is 36.4. The van der Waals surface area contributed by atoms with Crippen LogP contribution in [0.15, 0.2) is 77.0 Å². The zero-order chi connectivity index (χ0) is 25.4. The van der Waals surface area contributed by atoms with Crippen LogP contribution in [0.2, 0.25) is 0 Å². The highest BCUT2D eigenvalue weighted by molar-refractivity contribution is 9.10. The summed E-state index contributed by atoms with van der Waals surface area (Å²) < 4.78 is 3.16. The van der Waals surface area contributed by atoms with Crippen molar-refractivity contribution >= 4 is 49.8 Å². The molecule has 6 heteroatoms. The maximum Gasteiger partial charge on any atom is 0.217 e. The third-order valence-corrected chi connectivity index (χ3v) is 10.6. The summed E-state index contributed by atoms with van der Waals surface area (Å²) in [4.78, 5) is 0.455. The Kier molecular flexibility index (Phi) is 5.50. The van der Waals surface area contributed by atoms with Crippen LogP contribution < -0.4 is 9.88 Å². The monoisotopic (exact) mass is 572 g/mol. The maximum absolute atomic E-state index is 13.2. The lowest BCUT2D eigenvalue weighted by molar-refractivity contribution is -0.744. The van der Waals surface area contributed by atoms with Crippen molar-refractivity contribution in [3.8, 4) is 0 Å². The van der Waals surface area contributed by atoms with E-state index in [1.165, 1.54) is 24.6 Å². The van der Waals surface area contributed by atoms with E-state index in [1.54, 1.807) is 0 Å². The number of nitrogens with zero attached hydrogens (tertiary/aromatic N) is 1. The first-order valence-corrected chi connectivity index (χ1v) is 14.6. The number of fused-ring (bicyclic) bond motifs is 1. The molecule has 37 heavy (non-hydrogen) atoms. The van der Waals surface area contributed by atoms with Crippen LogP contribution in [-0.4, -0.2) is 21.7 Å². The molecule has 3 aromatic rings. The molecule has 188 valence electrons. The molecule has 1 aliphatic heterocycles. The van der Waals surface area contributed by atoms with Crippen LogP contribution in [0.3, 0.4) is 0 Å². The Labute approximate surface area is 231 Å². The number of aliphatic hydroxyl groups is 1. The van der Waals surface area contributed by atoms with Crippen molar-refractivity contribution in [3.05, 3.63) is 82.6 Å². The standard InChI is InChI=1S/C31H30BrN3OS/c32-25-7-3-6-23(13-25)27-26(17-33)29(37)34-31(36,30-14-19-10-20(15-30)12-21(11-19)16-30)28(27)35-9-8-22-4-1-2-5-24(22)18-35/h1-9,13,18-21,27-28,33,36H,10-12,14-16H2/p+1/t19?,20?,21?,27-,28+,30?,31-/m0/s1. The van der Waals surface area contributed by atoms with Gasteiger partial charge in [-0.25, -0.2) is 0 Å². The van der Waals surface area contributed by atoms with E-state index in [-0.39, 0.29) is 17.4 Å². The highest BCUT2D eigenvalue weighted by Gasteiger charge is 2.69. The molecule has 2 heterocycles. The van der Waals surface area contributed by atoms with Gasteiger partial charge in [0.2, 0.25) is 11.8 Å². The molecule has 0 amide bonds. The van der Waals surface area contributed by atoms with Gasteiger partial charge in [0.25, 0.3) is 0 Å². The minimum absolute atomic E-state index is 0.257. The average molecular weight is 574 g/mol. The van der Waals surface area contributed by atoms with Gasteiger partial charge >= 0.3 is 0 Å². The Morgan fingerprint density at radius 3 is 2.30 bits per heavy atom. The molecule has 4 aliphatic carbocycles. The van der Waals surface area contributed by atoms with E-state index in [2.05, 4.69) is 86.5 Å². The highest BCUT2D eigenvalue weighted by atomic mass is 79.9. The SMILES string of the molecule is N=C=C1C(=S)N[C@@](O)(C23CC4CC(CC(C4)C2)C3)[C@H]([n+]2ccc3ccccc3c2)[C@H]1c1cccc(Br)c1. The van der Waals surface area contributed by atoms with E-state index >= 15 is 0 Å². The quantitative estimate of drug-likeness (QED) is 0.151. The fraction of sp³-hybridized carbons (Fsp3) is 0.419. The molecule has 4 nitrogen and oxygen atoms in total. The van der Waals surface area contributed by atoms with E-state index in [1.807, 2.05) is 12.1 Å². The molecule has 3 atom stereocenters. The third kappa shape index (κ3) is 3.60. The van der Waals surface area contributed by atoms with Gasteiger partial charge < -0.3 is 10.4 Å². The largest absolute Gasteiger partial charge is 0.365 e. The Balaban J connectivity index is 1.48. The molecule has 8 rings (SSSR count). The zero-order valence-electron chi connectivity index (χ0n) is 20.7. The minimum Gasteiger partial charge on any atom is -0.365 e. The van der Waals surface area contributed by atoms with Crippen molar-refractivity contribution in [2.45, 2.75) is 56.2 Å². The molecule has 0 spiro atoms. The topological polar surface area (TPSA) is 60.0 Å². The lowest BCUT2D eigenvalue weighted by atomic mass is 9.45. The number of aromatic nitrogens is 1. The first-order valence-electron chi connectivity index (χ1n) is 13.4. The smallest absolute Gasteiger partial charge is 0.217 e. The van der Waals surface area contributed by atoms with Gasteiger partial charge in [0, 0.05) is 21.3 Å². The summed E-state index contributed by atoms with van der Waals surface area (Å²) >= 11 is 9.57. The van der Waals surface area contributed by atoms with Crippen molar-refractivity contribution in [1.82, 2.24) is 5.32 Å². The summed E-state index contributed by atoms with van der Waals surface area (Å²) in [6, 6.07) is 18.3. The van der Waals surface area contributed by atoms with E-state index in [9.17, 15) is 5.11 Å². The van der Waals surface area contributed by atoms with Crippen LogP contribution in [0.4, 0.5) is 0 Å². The summed E-state index contributed by atoms with van der Waals surface area (Å²) in [6.07, 6.45) is 11.3. The average Bonchev–Trinajstić information content (AvgIpc) is 2.87. The summed E-state index contributed by atoms with van der Waals surface area (Å²) in [6.45, 7) is 0. The van der Waals surface area contributed by atoms with Crippen LogP contribution in [0.1, 0.15) is 56.0 Å². The molecule has 0 unspecified atom stereocenters. The Morgan fingerprint density at radius 2 is 1.65 bits per heavy atom. The number of thiocarbonyl (C=S) groups is 1. The molecule has 4 saturated carbocycles. The van der Waals surface area contributed by atoms with E-state index in [0.29, 0.717) is 28.3 Å². The molecule has 3 N–H and O–H groups in total. The summed E-state index contributed by atoms with van der Waals surface area (Å²) in [5, 5.41) is 27.2. The highest BCUT2D eigenvalue weighted by Crippen LogP contribution is 2.66. The number of nitrogens with one attached hydrogen (secondary N) is 2. The summed E-state index contributed by atoms with van der Waals surface area (Å²) in [5.74, 6) is 4.41. The molecule has 2 aromatic carbocycles. The number of rotatable bonds is 3. The second kappa shape index (κ2) is 8.57. The molecule has 0 radical (unpaired) electrons. The fourth-order valence-corrected chi connectivity index (χ4v) is 9.52. The second-order valence-corrected chi connectivity index (χ2v) is 13.3. The second-order valence-electron chi connectivity index (χ2n) is 12.0. The van der Waals surface area contributed by atoms with Crippen LogP contribution in [0, 0.1) is 28.6 Å². The zero-order valence-corrected chi connectivity index (χ0v) is 23.1. The molecular formula is C31H31BrN3OS+. The van der Waals surface area contributed by atoms with Crippen molar-refractivity contribution in [3.63, 3.8) is 0 Å². The van der Waals surface area contributed by atoms with Gasteiger partial charge in [-0.15, -0.1) is 0 Å². The number of hydrogen-bond donors (Lipinski definition) is 3. The number of piperidine rings is 1. The molecule has 1 saturated heterocycles. The van der Waals surface area contributed by atoms with Gasteiger partial charge in [-0.2, -0.15) is 4.57 Å². The van der Waals surface area contributed by atoms with Gasteiger partial charge in [0.05, 0.1) is 11.5 Å². The predicted molar refractivity (Wildman–Crippen MR) is 153 cm³/mol. The van der Waals surface area contributed by atoms with Crippen molar-refractivity contribution in [2.75, 3.05) is 0 Å². The first-order chi connectivity index (χ1) is 17.9. The Morgan fingerprint density at radius 1 is 0.973 bits per heavy atom. The fourth-order valence-electron chi connectivity index (χ4n) is 8.77. The molecule has 1 aromatic heterocycles. The molecular weight excluding hydrogens is 542 g/mol. The number of halogens is 1. The Bertz CT molecular complexity index is 1440. The minimum atomic E-state index is -1.25. The first kappa shape index (κ1) is 23.7. The summed E-state index contributed by atoms with van der Waals surface area (Å²) in [7, 11) is 0. The molecule has 5 fully saturated rings. The lowest BCUT2D eigenvalue weighted by Crippen LogP contribution is -2.75. The lowest BCUT2D eigenvalue weighted by Gasteiger charge is -2.63. The molecule has 5 aliphatic rings. The van der Waals surface area contributed by atoms with Crippen LogP contribution in [0.5, 0.6) is 0 Å². The number of hydrogen-bond acceptors (Lipinski definition) is 3. The van der Waals surface area contributed by atoms with Crippen molar-refractivity contribution < 1.29 is 9.67 Å². The number of pyridine rings is 1.